The van der Waals surface area contributed by atoms with E-state index in [1.807, 2.05) is 6.07 Å². The summed E-state index contributed by atoms with van der Waals surface area (Å²) in [6.45, 7) is 4.06. The van der Waals surface area contributed by atoms with E-state index < -0.39 is 5.97 Å². The number of anilines is 1. The van der Waals surface area contributed by atoms with E-state index in [0.717, 1.165) is 24.7 Å². The van der Waals surface area contributed by atoms with E-state index >= 15 is 0 Å². The van der Waals surface area contributed by atoms with Gasteiger partial charge in [0.1, 0.15) is 0 Å². The molecular formula is C13H16ClNO2. The van der Waals surface area contributed by atoms with Crippen molar-refractivity contribution in [2.75, 3.05) is 18.0 Å². The zero-order valence-electron chi connectivity index (χ0n) is 9.82. The second-order valence-corrected chi connectivity index (χ2v) is 4.86. The maximum absolute atomic E-state index is 10.9. The molecule has 1 N–H and O–H groups in total. The Kier molecular flexibility index (Phi) is 3.57. The van der Waals surface area contributed by atoms with Gasteiger partial charge >= 0.3 is 5.97 Å². The minimum atomic E-state index is -0.980. The monoisotopic (exact) mass is 253 g/mol. The number of benzene rings is 1. The lowest BCUT2D eigenvalue weighted by Gasteiger charge is -2.23. The molecule has 0 aromatic heterocycles. The van der Waals surface area contributed by atoms with Crippen LogP contribution >= 0.6 is 11.6 Å². The van der Waals surface area contributed by atoms with Gasteiger partial charge in [-0.3, -0.25) is 0 Å². The Bertz CT molecular complexity index is 429. The van der Waals surface area contributed by atoms with E-state index in [-0.39, 0.29) is 5.56 Å². The second-order valence-electron chi connectivity index (χ2n) is 4.45. The highest BCUT2D eigenvalue weighted by Crippen LogP contribution is 2.32. The fraction of sp³-hybridized carbons (Fsp3) is 0.462. The molecule has 0 spiro atoms. The minimum Gasteiger partial charge on any atom is -0.478 e. The molecule has 0 heterocycles. The van der Waals surface area contributed by atoms with Crippen LogP contribution in [0.25, 0.3) is 0 Å². The molecule has 1 aliphatic rings. The van der Waals surface area contributed by atoms with Gasteiger partial charge in [0.15, 0.2) is 0 Å². The van der Waals surface area contributed by atoms with Gasteiger partial charge in [0.25, 0.3) is 0 Å². The van der Waals surface area contributed by atoms with Crippen LogP contribution in [-0.2, 0) is 0 Å². The molecule has 0 bridgehead atoms. The van der Waals surface area contributed by atoms with E-state index in [1.165, 1.54) is 12.8 Å². The summed E-state index contributed by atoms with van der Waals surface area (Å²) in [5.41, 5.74) is 1.17. The summed E-state index contributed by atoms with van der Waals surface area (Å²) in [7, 11) is 0. The predicted molar refractivity (Wildman–Crippen MR) is 69.0 cm³/mol. The average molecular weight is 254 g/mol. The normalized spacial score (nSPS) is 14.7. The molecule has 17 heavy (non-hydrogen) atoms. The number of nitrogens with zero attached hydrogens (tertiary/aromatic N) is 1. The van der Waals surface area contributed by atoms with Crippen molar-refractivity contribution in [1.29, 1.82) is 0 Å². The fourth-order valence-electron chi connectivity index (χ4n) is 1.90. The van der Waals surface area contributed by atoms with Gasteiger partial charge in [0, 0.05) is 18.8 Å². The summed E-state index contributed by atoms with van der Waals surface area (Å²) in [5, 5.41) is 9.22. The number of carboxylic acid groups (broad SMARTS) is 1. The lowest BCUT2D eigenvalue weighted by atomic mass is 10.2. The van der Waals surface area contributed by atoms with Crippen molar-refractivity contribution in [3.8, 4) is 0 Å². The van der Waals surface area contributed by atoms with Crippen LogP contribution in [0.3, 0.4) is 0 Å². The first kappa shape index (κ1) is 12.2. The van der Waals surface area contributed by atoms with E-state index in [4.69, 9.17) is 16.7 Å². The molecule has 4 heteroatoms. The van der Waals surface area contributed by atoms with E-state index in [0.29, 0.717) is 5.02 Å². The number of carbonyl (C=O) groups is 1. The number of halogens is 1. The Morgan fingerprint density at radius 3 is 2.71 bits per heavy atom. The standard InChI is InChI=1S/C13H16ClNO2/c1-2-15(8-9-3-4-9)10-5-6-11(13(16)17)12(14)7-10/h5-7,9H,2-4,8H2,1H3,(H,16,17). The van der Waals surface area contributed by atoms with Gasteiger partial charge in [0.05, 0.1) is 10.6 Å². The molecule has 1 saturated carbocycles. The molecule has 0 saturated heterocycles. The second kappa shape index (κ2) is 4.96. The van der Waals surface area contributed by atoms with Crippen LogP contribution in [0.5, 0.6) is 0 Å². The number of carboxylic acids is 1. The first-order valence-corrected chi connectivity index (χ1v) is 6.27. The van der Waals surface area contributed by atoms with Crippen LogP contribution in [0.2, 0.25) is 5.02 Å². The van der Waals surface area contributed by atoms with Crippen LogP contribution in [0.15, 0.2) is 18.2 Å². The summed E-state index contributed by atoms with van der Waals surface area (Å²) in [5.74, 6) is -0.181. The summed E-state index contributed by atoms with van der Waals surface area (Å²) in [6, 6.07) is 5.16. The van der Waals surface area contributed by atoms with Gasteiger partial charge in [0.2, 0.25) is 0 Å². The first-order valence-electron chi connectivity index (χ1n) is 5.89. The van der Waals surface area contributed by atoms with E-state index in [1.54, 1.807) is 12.1 Å². The molecule has 0 atom stereocenters. The lowest BCUT2D eigenvalue weighted by molar-refractivity contribution is 0.0697. The molecule has 0 unspecified atom stereocenters. The molecule has 1 aromatic rings. The lowest BCUT2D eigenvalue weighted by Crippen LogP contribution is -2.25. The highest BCUT2D eigenvalue weighted by molar-refractivity contribution is 6.33. The molecule has 0 aliphatic heterocycles. The van der Waals surface area contributed by atoms with Crippen LogP contribution < -0.4 is 4.90 Å². The molecule has 92 valence electrons. The first-order chi connectivity index (χ1) is 8.11. The van der Waals surface area contributed by atoms with Crippen molar-refractivity contribution in [2.45, 2.75) is 19.8 Å². The molecular weight excluding hydrogens is 238 g/mol. The molecule has 1 aliphatic carbocycles. The zero-order chi connectivity index (χ0) is 12.4. The Labute approximate surface area is 106 Å². The Morgan fingerprint density at radius 1 is 1.53 bits per heavy atom. The van der Waals surface area contributed by atoms with Crippen LogP contribution in [-0.4, -0.2) is 24.2 Å². The highest BCUT2D eigenvalue weighted by Gasteiger charge is 2.24. The third kappa shape index (κ3) is 2.91. The van der Waals surface area contributed by atoms with Crippen molar-refractivity contribution < 1.29 is 9.90 Å². The zero-order valence-corrected chi connectivity index (χ0v) is 10.6. The third-order valence-corrected chi connectivity index (χ3v) is 3.42. The van der Waals surface area contributed by atoms with Gasteiger partial charge in [-0.2, -0.15) is 0 Å². The van der Waals surface area contributed by atoms with E-state index in [2.05, 4.69) is 11.8 Å². The fourth-order valence-corrected chi connectivity index (χ4v) is 2.16. The van der Waals surface area contributed by atoms with Crippen LogP contribution in [0, 0.1) is 5.92 Å². The summed E-state index contributed by atoms with van der Waals surface area (Å²) < 4.78 is 0. The minimum absolute atomic E-state index is 0.165. The SMILES string of the molecule is CCN(CC1CC1)c1ccc(C(=O)O)c(Cl)c1. The van der Waals surface area contributed by atoms with Gasteiger partial charge in [-0.25, -0.2) is 4.79 Å². The molecule has 0 amide bonds. The maximum atomic E-state index is 10.9. The summed E-state index contributed by atoms with van der Waals surface area (Å²) in [6.07, 6.45) is 2.61. The van der Waals surface area contributed by atoms with Crippen molar-refractivity contribution in [2.24, 2.45) is 5.92 Å². The highest BCUT2D eigenvalue weighted by atomic mass is 35.5. The van der Waals surface area contributed by atoms with Gasteiger partial charge < -0.3 is 10.0 Å². The number of hydrogen-bond acceptors (Lipinski definition) is 2. The maximum Gasteiger partial charge on any atom is 0.337 e. The van der Waals surface area contributed by atoms with Crippen molar-refractivity contribution in [1.82, 2.24) is 0 Å². The number of hydrogen-bond donors (Lipinski definition) is 1. The molecule has 0 radical (unpaired) electrons. The average Bonchev–Trinajstić information content (AvgIpc) is 3.09. The Morgan fingerprint density at radius 2 is 2.24 bits per heavy atom. The number of aromatic carboxylic acids is 1. The summed E-state index contributed by atoms with van der Waals surface area (Å²) >= 11 is 5.97. The third-order valence-electron chi connectivity index (χ3n) is 3.11. The largest absolute Gasteiger partial charge is 0.478 e. The van der Waals surface area contributed by atoms with Crippen LogP contribution in [0.1, 0.15) is 30.1 Å². The molecule has 1 fully saturated rings. The van der Waals surface area contributed by atoms with Gasteiger partial charge in [-0.1, -0.05) is 11.6 Å². The van der Waals surface area contributed by atoms with Gasteiger partial charge in [-0.05, 0) is 43.9 Å². The predicted octanol–water partition coefficient (Wildman–Crippen LogP) is 3.27. The van der Waals surface area contributed by atoms with Crippen molar-refractivity contribution in [3.63, 3.8) is 0 Å². The smallest absolute Gasteiger partial charge is 0.337 e. The van der Waals surface area contributed by atoms with Crippen molar-refractivity contribution >= 4 is 23.3 Å². The van der Waals surface area contributed by atoms with Crippen LogP contribution in [0.4, 0.5) is 5.69 Å². The Balaban J connectivity index is 2.19. The quantitative estimate of drug-likeness (QED) is 0.876. The molecule has 2 rings (SSSR count). The Hall–Kier alpha value is -1.22. The van der Waals surface area contributed by atoms with Gasteiger partial charge in [-0.15, -0.1) is 0 Å². The molecule has 1 aromatic carbocycles. The summed E-state index contributed by atoms with van der Waals surface area (Å²) in [4.78, 5) is 13.1. The number of rotatable bonds is 5. The molecule has 3 nitrogen and oxygen atoms in total. The van der Waals surface area contributed by atoms with E-state index in [9.17, 15) is 4.79 Å². The van der Waals surface area contributed by atoms with Crippen molar-refractivity contribution in [3.05, 3.63) is 28.8 Å². The topological polar surface area (TPSA) is 40.5 Å².